The Bertz CT molecular complexity index is 329. The summed E-state index contributed by atoms with van der Waals surface area (Å²) in [7, 11) is 0. The molecule has 0 unspecified atom stereocenters. The molecule has 1 aliphatic rings. The number of ether oxygens (including phenoxy) is 1. The Morgan fingerprint density at radius 3 is 2.79 bits per heavy atom. The molecule has 14 heavy (non-hydrogen) atoms. The topological polar surface area (TPSA) is 25.4 Å². The summed E-state index contributed by atoms with van der Waals surface area (Å²) in [5.74, 6) is -0.476. The van der Waals surface area contributed by atoms with E-state index in [1.165, 1.54) is 6.07 Å². The fourth-order valence-corrected chi connectivity index (χ4v) is 1.51. The molecule has 1 aromatic heterocycles. The van der Waals surface area contributed by atoms with Crippen LogP contribution < -0.4 is 4.90 Å². The highest BCUT2D eigenvalue weighted by Gasteiger charge is 2.13. The maximum Gasteiger partial charge on any atom is 0.164 e. The van der Waals surface area contributed by atoms with Crippen molar-refractivity contribution >= 4 is 17.3 Å². The molecule has 76 valence electrons. The highest BCUT2D eigenvalue weighted by molar-refractivity contribution is 6.29. The normalized spacial score (nSPS) is 17.1. The van der Waals surface area contributed by atoms with Crippen molar-refractivity contribution < 1.29 is 9.13 Å². The van der Waals surface area contributed by atoms with E-state index in [0.717, 1.165) is 18.8 Å². The van der Waals surface area contributed by atoms with Gasteiger partial charge in [-0.1, -0.05) is 11.6 Å². The average Bonchev–Trinajstić information content (AvgIpc) is 2.23. The van der Waals surface area contributed by atoms with Crippen molar-refractivity contribution in [3.05, 3.63) is 23.2 Å². The maximum atomic E-state index is 13.1. The van der Waals surface area contributed by atoms with Gasteiger partial charge in [0, 0.05) is 19.2 Å². The van der Waals surface area contributed by atoms with Crippen molar-refractivity contribution in [2.75, 3.05) is 31.2 Å². The van der Waals surface area contributed by atoms with Gasteiger partial charge in [0.15, 0.2) is 11.0 Å². The molecule has 3 nitrogen and oxygen atoms in total. The van der Waals surface area contributed by atoms with Crippen molar-refractivity contribution in [1.82, 2.24) is 4.98 Å². The minimum Gasteiger partial charge on any atom is -0.378 e. The standard InChI is InChI=1S/C9H10ClFN2O/c10-9-8(11)5-7(6-12-9)13-1-3-14-4-2-13/h5-6H,1-4H2. The van der Waals surface area contributed by atoms with Gasteiger partial charge in [-0.3, -0.25) is 0 Å². The first-order valence-electron chi connectivity index (χ1n) is 4.41. The lowest BCUT2D eigenvalue weighted by Crippen LogP contribution is -2.36. The minimum atomic E-state index is -0.476. The number of morpholine rings is 1. The molecule has 0 bridgehead atoms. The molecule has 5 heteroatoms. The first-order valence-corrected chi connectivity index (χ1v) is 4.79. The molecule has 0 spiro atoms. The Morgan fingerprint density at radius 2 is 2.14 bits per heavy atom. The summed E-state index contributed by atoms with van der Waals surface area (Å²) in [6.07, 6.45) is 1.58. The van der Waals surface area contributed by atoms with Gasteiger partial charge >= 0.3 is 0 Å². The number of aromatic nitrogens is 1. The Hall–Kier alpha value is -0.870. The van der Waals surface area contributed by atoms with Crippen LogP contribution in [0.3, 0.4) is 0 Å². The summed E-state index contributed by atoms with van der Waals surface area (Å²) in [5.41, 5.74) is 0.759. The molecule has 0 radical (unpaired) electrons. The molecule has 0 aromatic carbocycles. The average molecular weight is 217 g/mol. The van der Waals surface area contributed by atoms with Gasteiger partial charge in [0.2, 0.25) is 0 Å². The monoisotopic (exact) mass is 216 g/mol. The second kappa shape index (κ2) is 4.11. The number of anilines is 1. The van der Waals surface area contributed by atoms with E-state index in [2.05, 4.69) is 4.98 Å². The Kier molecular flexibility index (Phi) is 2.84. The molecule has 0 saturated carbocycles. The van der Waals surface area contributed by atoms with Crippen LogP contribution in [-0.2, 0) is 4.74 Å². The SMILES string of the molecule is Fc1cc(N2CCOCC2)cnc1Cl. The van der Waals surface area contributed by atoms with E-state index in [9.17, 15) is 4.39 Å². The number of pyridine rings is 1. The number of rotatable bonds is 1. The molecule has 1 aliphatic heterocycles. The van der Waals surface area contributed by atoms with Crippen molar-refractivity contribution in [3.8, 4) is 0 Å². The second-order valence-corrected chi connectivity index (χ2v) is 3.42. The molecule has 1 fully saturated rings. The van der Waals surface area contributed by atoms with Crippen LogP contribution in [-0.4, -0.2) is 31.3 Å². The third-order valence-electron chi connectivity index (χ3n) is 2.16. The lowest BCUT2D eigenvalue weighted by molar-refractivity contribution is 0.122. The van der Waals surface area contributed by atoms with Gasteiger partial charge in [-0.25, -0.2) is 9.37 Å². The van der Waals surface area contributed by atoms with E-state index in [-0.39, 0.29) is 5.15 Å². The van der Waals surface area contributed by atoms with E-state index < -0.39 is 5.82 Å². The highest BCUT2D eigenvalue weighted by atomic mass is 35.5. The first kappa shape index (κ1) is 9.68. The molecule has 1 aromatic rings. The summed E-state index contributed by atoms with van der Waals surface area (Å²) in [5, 5.41) is -0.0815. The predicted molar refractivity (Wildman–Crippen MR) is 52.2 cm³/mol. The zero-order valence-corrected chi connectivity index (χ0v) is 8.30. The number of hydrogen-bond acceptors (Lipinski definition) is 3. The van der Waals surface area contributed by atoms with Gasteiger partial charge in [-0.15, -0.1) is 0 Å². The molecule has 0 N–H and O–H groups in total. The summed E-state index contributed by atoms with van der Waals surface area (Å²) in [6, 6.07) is 1.40. The lowest BCUT2D eigenvalue weighted by Gasteiger charge is -2.28. The zero-order chi connectivity index (χ0) is 9.97. The number of hydrogen-bond donors (Lipinski definition) is 0. The molecule has 0 atom stereocenters. The van der Waals surface area contributed by atoms with E-state index in [4.69, 9.17) is 16.3 Å². The Labute approximate surface area is 86.4 Å². The summed E-state index contributed by atoms with van der Waals surface area (Å²) >= 11 is 5.49. The van der Waals surface area contributed by atoms with Gasteiger partial charge in [-0.2, -0.15) is 0 Å². The van der Waals surface area contributed by atoms with E-state index in [1.54, 1.807) is 6.20 Å². The van der Waals surface area contributed by atoms with Crippen molar-refractivity contribution in [2.45, 2.75) is 0 Å². The van der Waals surface area contributed by atoms with E-state index >= 15 is 0 Å². The number of nitrogens with zero attached hydrogens (tertiary/aromatic N) is 2. The van der Waals surface area contributed by atoms with E-state index in [0.29, 0.717) is 13.2 Å². The summed E-state index contributed by atoms with van der Waals surface area (Å²) in [4.78, 5) is 5.79. The van der Waals surface area contributed by atoms with Crippen LogP contribution in [0.5, 0.6) is 0 Å². The summed E-state index contributed by atoms with van der Waals surface area (Å²) < 4.78 is 18.3. The number of halogens is 2. The summed E-state index contributed by atoms with van der Waals surface area (Å²) in [6.45, 7) is 2.87. The first-order chi connectivity index (χ1) is 6.77. The van der Waals surface area contributed by atoms with Gasteiger partial charge in [0.05, 0.1) is 25.1 Å². The predicted octanol–water partition coefficient (Wildman–Crippen LogP) is 1.71. The quantitative estimate of drug-likeness (QED) is 0.669. The largest absolute Gasteiger partial charge is 0.378 e. The maximum absolute atomic E-state index is 13.1. The lowest BCUT2D eigenvalue weighted by atomic mass is 10.3. The fraction of sp³-hybridized carbons (Fsp3) is 0.444. The van der Waals surface area contributed by atoms with Crippen LogP contribution in [0.2, 0.25) is 5.15 Å². The smallest absolute Gasteiger partial charge is 0.164 e. The third kappa shape index (κ3) is 1.96. The molecule has 2 heterocycles. The fourth-order valence-electron chi connectivity index (χ4n) is 1.41. The van der Waals surface area contributed by atoms with Gasteiger partial charge in [0.1, 0.15) is 0 Å². The van der Waals surface area contributed by atoms with Crippen molar-refractivity contribution in [1.29, 1.82) is 0 Å². The van der Waals surface area contributed by atoms with Gasteiger partial charge in [-0.05, 0) is 0 Å². The third-order valence-corrected chi connectivity index (χ3v) is 2.44. The Morgan fingerprint density at radius 1 is 1.43 bits per heavy atom. The van der Waals surface area contributed by atoms with Crippen LogP contribution >= 0.6 is 11.6 Å². The van der Waals surface area contributed by atoms with Crippen LogP contribution in [0.15, 0.2) is 12.3 Å². The highest BCUT2D eigenvalue weighted by Crippen LogP contribution is 2.19. The molecular formula is C9H10ClFN2O. The molecule has 1 saturated heterocycles. The Balaban J connectivity index is 2.18. The van der Waals surface area contributed by atoms with Crippen LogP contribution in [0.25, 0.3) is 0 Å². The molecular weight excluding hydrogens is 207 g/mol. The van der Waals surface area contributed by atoms with Crippen LogP contribution in [0, 0.1) is 5.82 Å². The molecule has 0 aliphatic carbocycles. The minimum absolute atomic E-state index is 0.0815. The molecule has 0 amide bonds. The van der Waals surface area contributed by atoms with Gasteiger partial charge < -0.3 is 9.64 Å². The van der Waals surface area contributed by atoms with Gasteiger partial charge in [0.25, 0.3) is 0 Å². The molecule has 2 rings (SSSR count). The van der Waals surface area contributed by atoms with Crippen molar-refractivity contribution in [2.24, 2.45) is 0 Å². The van der Waals surface area contributed by atoms with Crippen LogP contribution in [0.4, 0.5) is 10.1 Å². The van der Waals surface area contributed by atoms with Crippen LogP contribution in [0.1, 0.15) is 0 Å². The van der Waals surface area contributed by atoms with Crippen molar-refractivity contribution in [3.63, 3.8) is 0 Å². The second-order valence-electron chi connectivity index (χ2n) is 3.07. The van der Waals surface area contributed by atoms with E-state index in [1.807, 2.05) is 4.90 Å². The zero-order valence-electron chi connectivity index (χ0n) is 7.54.